The minimum Gasteiger partial charge on any atom is -0.396 e. The molecule has 0 spiro atoms. The van der Waals surface area contributed by atoms with E-state index in [4.69, 9.17) is 5.73 Å². The largest absolute Gasteiger partial charge is 0.433 e. The molecule has 0 saturated carbocycles. The zero-order chi connectivity index (χ0) is 11.8. The second-order valence-corrected chi connectivity index (χ2v) is 3.12. The summed E-state index contributed by atoms with van der Waals surface area (Å²) in [6.45, 7) is 0. The summed E-state index contributed by atoms with van der Waals surface area (Å²) in [5, 5.41) is 3.81. The fraction of sp³-hybridized carbons (Fsp3) is 0.111. The van der Waals surface area contributed by atoms with Crippen molar-refractivity contribution in [3.05, 3.63) is 36.4 Å². The molecule has 0 radical (unpaired) electrons. The Morgan fingerprint density at radius 1 is 1.31 bits per heavy atom. The normalized spacial score (nSPS) is 11.7. The van der Waals surface area contributed by atoms with Crippen LogP contribution in [0.15, 0.2) is 30.7 Å². The van der Waals surface area contributed by atoms with Gasteiger partial charge in [0.25, 0.3) is 0 Å². The molecule has 0 aliphatic carbocycles. The number of alkyl halides is 3. The lowest BCUT2D eigenvalue weighted by Gasteiger charge is -2.07. The average Bonchev–Trinajstić information content (AvgIpc) is 2.64. The number of pyridine rings is 1. The Morgan fingerprint density at radius 2 is 2.06 bits per heavy atom. The van der Waals surface area contributed by atoms with Crippen molar-refractivity contribution >= 4 is 5.69 Å². The molecule has 7 heteroatoms. The number of hydrogen-bond acceptors (Lipinski definition) is 3. The Morgan fingerprint density at radius 3 is 2.62 bits per heavy atom. The number of nitrogens with zero attached hydrogens (tertiary/aromatic N) is 3. The van der Waals surface area contributed by atoms with Gasteiger partial charge in [-0.25, -0.2) is 4.68 Å². The highest BCUT2D eigenvalue weighted by atomic mass is 19.4. The van der Waals surface area contributed by atoms with Gasteiger partial charge in [0.05, 0.1) is 23.8 Å². The van der Waals surface area contributed by atoms with Crippen molar-refractivity contribution in [2.75, 3.05) is 5.73 Å². The Labute approximate surface area is 88.5 Å². The molecule has 0 aromatic carbocycles. The van der Waals surface area contributed by atoms with Crippen molar-refractivity contribution in [1.82, 2.24) is 14.8 Å². The summed E-state index contributed by atoms with van der Waals surface area (Å²) in [6, 6.07) is 2.33. The Hall–Kier alpha value is -2.05. The predicted octanol–water partition coefficient (Wildman–Crippen LogP) is 1.87. The molecule has 0 unspecified atom stereocenters. The van der Waals surface area contributed by atoms with Gasteiger partial charge in [-0.15, -0.1) is 0 Å². The molecule has 0 aliphatic heterocycles. The number of rotatable bonds is 1. The monoisotopic (exact) mass is 228 g/mol. The Kier molecular flexibility index (Phi) is 2.30. The molecule has 16 heavy (non-hydrogen) atoms. The summed E-state index contributed by atoms with van der Waals surface area (Å²) in [5.74, 6) is 0. The topological polar surface area (TPSA) is 56.7 Å². The van der Waals surface area contributed by atoms with Crippen LogP contribution < -0.4 is 5.73 Å². The van der Waals surface area contributed by atoms with E-state index in [0.29, 0.717) is 5.69 Å². The van der Waals surface area contributed by atoms with Crippen molar-refractivity contribution in [2.45, 2.75) is 6.18 Å². The number of halogens is 3. The van der Waals surface area contributed by atoms with E-state index in [-0.39, 0.29) is 5.69 Å². The van der Waals surface area contributed by atoms with E-state index in [1.807, 2.05) is 0 Å². The lowest BCUT2D eigenvalue weighted by molar-refractivity contribution is -0.141. The fourth-order valence-corrected chi connectivity index (χ4v) is 1.19. The Bertz CT molecular complexity index is 503. The Balaban J connectivity index is 2.44. The van der Waals surface area contributed by atoms with E-state index < -0.39 is 11.9 Å². The van der Waals surface area contributed by atoms with Crippen LogP contribution in [0.1, 0.15) is 5.69 Å². The smallest absolute Gasteiger partial charge is 0.396 e. The molecule has 0 amide bonds. The molecule has 2 N–H and O–H groups in total. The maximum absolute atomic E-state index is 12.4. The zero-order valence-electron chi connectivity index (χ0n) is 7.94. The molecular weight excluding hydrogens is 221 g/mol. The summed E-state index contributed by atoms with van der Waals surface area (Å²) in [7, 11) is 0. The van der Waals surface area contributed by atoms with Crippen molar-refractivity contribution in [1.29, 1.82) is 0 Å². The van der Waals surface area contributed by atoms with Gasteiger partial charge in [-0.3, -0.25) is 4.98 Å². The van der Waals surface area contributed by atoms with Gasteiger partial charge >= 0.3 is 6.18 Å². The van der Waals surface area contributed by atoms with E-state index in [0.717, 1.165) is 12.3 Å². The third kappa shape index (κ3) is 1.97. The number of nitrogen functional groups attached to an aromatic ring is 1. The van der Waals surface area contributed by atoms with Gasteiger partial charge in [0.15, 0.2) is 0 Å². The third-order valence-corrected chi connectivity index (χ3v) is 1.90. The highest BCUT2D eigenvalue weighted by molar-refractivity contribution is 5.38. The van der Waals surface area contributed by atoms with Crippen molar-refractivity contribution in [3.63, 3.8) is 0 Å². The molecule has 0 atom stereocenters. The van der Waals surface area contributed by atoms with Crippen LogP contribution in [0, 0.1) is 0 Å². The predicted molar refractivity (Wildman–Crippen MR) is 50.8 cm³/mol. The highest BCUT2D eigenvalue weighted by Gasteiger charge is 2.32. The standard InChI is InChI=1S/C9H7F3N4/c10-9(11,12)8-3-7(1-2-14-8)16-5-6(13)4-15-16/h1-5H,13H2. The fourth-order valence-electron chi connectivity index (χ4n) is 1.19. The SMILES string of the molecule is Nc1cnn(-c2ccnc(C(F)(F)F)c2)c1. The van der Waals surface area contributed by atoms with Gasteiger partial charge in [0.1, 0.15) is 5.69 Å². The van der Waals surface area contributed by atoms with Crippen LogP contribution in [0.2, 0.25) is 0 Å². The van der Waals surface area contributed by atoms with Crippen LogP contribution in [0.3, 0.4) is 0 Å². The van der Waals surface area contributed by atoms with Gasteiger partial charge in [-0.1, -0.05) is 0 Å². The summed E-state index contributed by atoms with van der Waals surface area (Å²) in [4.78, 5) is 3.25. The van der Waals surface area contributed by atoms with Crippen LogP contribution >= 0.6 is 0 Å². The third-order valence-electron chi connectivity index (χ3n) is 1.90. The summed E-state index contributed by atoms with van der Waals surface area (Å²) >= 11 is 0. The van der Waals surface area contributed by atoms with E-state index in [1.165, 1.54) is 23.1 Å². The number of aromatic nitrogens is 3. The van der Waals surface area contributed by atoms with Gasteiger partial charge in [-0.2, -0.15) is 18.3 Å². The van der Waals surface area contributed by atoms with E-state index >= 15 is 0 Å². The van der Waals surface area contributed by atoms with Crippen molar-refractivity contribution < 1.29 is 13.2 Å². The first-order chi connectivity index (χ1) is 7.47. The summed E-state index contributed by atoms with van der Waals surface area (Å²) < 4.78 is 38.4. The maximum Gasteiger partial charge on any atom is 0.433 e. The van der Waals surface area contributed by atoms with Gasteiger partial charge in [0, 0.05) is 6.20 Å². The van der Waals surface area contributed by atoms with Crippen LogP contribution in [-0.2, 0) is 6.18 Å². The number of anilines is 1. The zero-order valence-corrected chi connectivity index (χ0v) is 7.94. The molecule has 84 valence electrons. The lowest BCUT2D eigenvalue weighted by Crippen LogP contribution is -2.08. The molecule has 0 saturated heterocycles. The lowest BCUT2D eigenvalue weighted by atomic mass is 10.3. The minimum atomic E-state index is -4.46. The summed E-state index contributed by atoms with van der Waals surface area (Å²) in [6.07, 6.45) is -0.603. The molecular formula is C9H7F3N4. The molecule has 2 aromatic rings. The number of hydrogen-bond donors (Lipinski definition) is 1. The van der Waals surface area contributed by atoms with Crippen molar-refractivity contribution in [3.8, 4) is 5.69 Å². The first-order valence-corrected chi connectivity index (χ1v) is 4.30. The molecule has 2 heterocycles. The van der Waals surface area contributed by atoms with Gasteiger partial charge in [0.2, 0.25) is 0 Å². The molecule has 0 fully saturated rings. The first-order valence-electron chi connectivity index (χ1n) is 4.30. The quantitative estimate of drug-likeness (QED) is 0.810. The van der Waals surface area contributed by atoms with E-state index in [1.54, 1.807) is 0 Å². The van der Waals surface area contributed by atoms with Crippen molar-refractivity contribution in [2.24, 2.45) is 0 Å². The van der Waals surface area contributed by atoms with E-state index in [2.05, 4.69) is 10.1 Å². The van der Waals surface area contributed by atoms with Gasteiger partial charge < -0.3 is 5.73 Å². The van der Waals surface area contributed by atoms with E-state index in [9.17, 15) is 13.2 Å². The second kappa shape index (κ2) is 3.51. The molecule has 2 aromatic heterocycles. The van der Waals surface area contributed by atoms with Crippen LogP contribution in [-0.4, -0.2) is 14.8 Å². The first kappa shape index (κ1) is 10.5. The second-order valence-electron chi connectivity index (χ2n) is 3.12. The number of nitrogens with two attached hydrogens (primary N) is 1. The minimum absolute atomic E-state index is 0.263. The summed E-state index contributed by atoms with van der Waals surface area (Å²) in [5.41, 5.74) is 5.10. The van der Waals surface area contributed by atoms with Crippen LogP contribution in [0.5, 0.6) is 0 Å². The molecule has 0 bridgehead atoms. The molecule has 2 rings (SSSR count). The van der Waals surface area contributed by atoms with Gasteiger partial charge in [-0.05, 0) is 12.1 Å². The average molecular weight is 228 g/mol. The molecule has 0 aliphatic rings. The van der Waals surface area contributed by atoms with Crippen LogP contribution in [0.4, 0.5) is 18.9 Å². The maximum atomic E-state index is 12.4. The molecule has 4 nitrogen and oxygen atoms in total. The van der Waals surface area contributed by atoms with Crippen LogP contribution in [0.25, 0.3) is 5.69 Å². The highest BCUT2D eigenvalue weighted by Crippen LogP contribution is 2.28.